The number of anilines is 1. The van der Waals surface area contributed by atoms with E-state index in [4.69, 9.17) is 27.9 Å². The monoisotopic (exact) mass is 400 g/mol. The average molecular weight is 401 g/mol. The summed E-state index contributed by atoms with van der Waals surface area (Å²) >= 11 is 12.0. The fraction of sp³-hybridized carbons (Fsp3) is 0.579. The van der Waals surface area contributed by atoms with E-state index in [9.17, 15) is 9.59 Å². The molecule has 7 heteroatoms. The van der Waals surface area contributed by atoms with Crippen LogP contribution in [-0.2, 0) is 9.53 Å². The summed E-state index contributed by atoms with van der Waals surface area (Å²) in [5.41, 5.74) is 0.220. The van der Waals surface area contributed by atoms with Crippen molar-refractivity contribution in [3.8, 4) is 0 Å². The van der Waals surface area contributed by atoms with Crippen LogP contribution in [0.25, 0.3) is 0 Å². The number of ether oxygens (including phenoxy) is 1. The quantitative estimate of drug-likeness (QED) is 0.717. The number of hydrogen-bond acceptors (Lipinski definition) is 3. The van der Waals surface area contributed by atoms with Crippen molar-refractivity contribution < 1.29 is 14.3 Å². The number of likely N-dealkylation sites (tertiary alicyclic amines) is 1. The SMILES string of the molecule is CCN(C(=O)C1CCN(C(=O)OC(C)(C)C)CC1)c1ccc(Cl)c(Cl)c1. The number of benzene rings is 1. The second-order valence-corrected chi connectivity index (χ2v) is 8.24. The molecule has 1 saturated heterocycles. The van der Waals surface area contributed by atoms with Crippen LogP contribution in [-0.4, -0.2) is 42.1 Å². The fourth-order valence-electron chi connectivity index (χ4n) is 2.97. The van der Waals surface area contributed by atoms with Crippen molar-refractivity contribution in [3.63, 3.8) is 0 Å². The molecule has 0 unspecified atom stereocenters. The van der Waals surface area contributed by atoms with E-state index in [1.54, 1.807) is 28.0 Å². The van der Waals surface area contributed by atoms with E-state index in [1.807, 2.05) is 27.7 Å². The van der Waals surface area contributed by atoms with Crippen LogP contribution < -0.4 is 4.90 Å². The molecule has 0 atom stereocenters. The fourth-order valence-corrected chi connectivity index (χ4v) is 3.27. The molecule has 1 fully saturated rings. The molecule has 0 aromatic heterocycles. The molecule has 1 heterocycles. The van der Waals surface area contributed by atoms with E-state index in [-0.39, 0.29) is 17.9 Å². The van der Waals surface area contributed by atoms with Gasteiger partial charge in [-0.25, -0.2) is 4.79 Å². The molecule has 0 radical (unpaired) electrons. The van der Waals surface area contributed by atoms with Gasteiger partial charge in [0.1, 0.15) is 5.60 Å². The molecular weight excluding hydrogens is 375 g/mol. The van der Waals surface area contributed by atoms with Crippen LogP contribution in [0.3, 0.4) is 0 Å². The maximum absolute atomic E-state index is 12.9. The largest absolute Gasteiger partial charge is 0.444 e. The summed E-state index contributed by atoms with van der Waals surface area (Å²) in [6.45, 7) is 9.04. The molecule has 0 N–H and O–H groups in total. The topological polar surface area (TPSA) is 49.9 Å². The molecule has 26 heavy (non-hydrogen) atoms. The molecule has 0 aliphatic carbocycles. The highest BCUT2D eigenvalue weighted by Gasteiger charge is 2.32. The Morgan fingerprint density at radius 1 is 1.19 bits per heavy atom. The maximum Gasteiger partial charge on any atom is 0.410 e. The van der Waals surface area contributed by atoms with Crippen molar-refractivity contribution in [1.82, 2.24) is 4.90 Å². The van der Waals surface area contributed by atoms with Crippen molar-refractivity contribution in [1.29, 1.82) is 0 Å². The molecule has 0 saturated carbocycles. The van der Waals surface area contributed by atoms with Crippen molar-refractivity contribution in [2.75, 3.05) is 24.5 Å². The van der Waals surface area contributed by atoms with Gasteiger partial charge in [-0.3, -0.25) is 4.79 Å². The van der Waals surface area contributed by atoms with Crippen molar-refractivity contribution >= 4 is 40.9 Å². The van der Waals surface area contributed by atoms with E-state index < -0.39 is 5.60 Å². The third-order valence-electron chi connectivity index (χ3n) is 4.29. The van der Waals surface area contributed by atoms with Crippen LogP contribution >= 0.6 is 23.2 Å². The van der Waals surface area contributed by atoms with E-state index in [1.165, 1.54) is 0 Å². The van der Waals surface area contributed by atoms with Gasteiger partial charge in [-0.15, -0.1) is 0 Å². The summed E-state index contributed by atoms with van der Waals surface area (Å²) in [6.07, 6.45) is 0.923. The summed E-state index contributed by atoms with van der Waals surface area (Å²) in [6, 6.07) is 5.20. The predicted octanol–water partition coefficient (Wildman–Crippen LogP) is 4.99. The summed E-state index contributed by atoms with van der Waals surface area (Å²) in [4.78, 5) is 28.5. The second-order valence-electron chi connectivity index (χ2n) is 7.42. The third kappa shape index (κ3) is 5.27. The van der Waals surface area contributed by atoms with Crippen LogP contribution in [0.4, 0.5) is 10.5 Å². The summed E-state index contributed by atoms with van der Waals surface area (Å²) in [5.74, 6) is -0.0715. The highest BCUT2D eigenvalue weighted by atomic mass is 35.5. The highest BCUT2D eigenvalue weighted by molar-refractivity contribution is 6.42. The number of carbonyl (C=O) groups is 2. The Balaban J connectivity index is 2.00. The first-order chi connectivity index (χ1) is 12.1. The minimum absolute atomic E-state index is 0.0507. The molecule has 5 nitrogen and oxygen atoms in total. The van der Waals surface area contributed by atoms with Gasteiger partial charge >= 0.3 is 6.09 Å². The van der Waals surface area contributed by atoms with Gasteiger partial charge in [-0.1, -0.05) is 23.2 Å². The third-order valence-corrected chi connectivity index (χ3v) is 5.03. The maximum atomic E-state index is 12.9. The zero-order valence-electron chi connectivity index (χ0n) is 15.7. The lowest BCUT2D eigenvalue weighted by Gasteiger charge is -2.35. The second kappa shape index (κ2) is 8.49. The number of piperidine rings is 1. The molecule has 1 aromatic carbocycles. The number of rotatable bonds is 3. The normalized spacial score (nSPS) is 15.7. The average Bonchev–Trinajstić information content (AvgIpc) is 2.57. The van der Waals surface area contributed by atoms with Crippen LogP contribution in [0, 0.1) is 5.92 Å². The van der Waals surface area contributed by atoms with Gasteiger partial charge in [0, 0.05) is 31.2 Å². The Labute approximate surface area is 165 Å². The smallest absolute Gasteiger partial charge is 0.410 e. The standard InChI is InChI=1S/C19H26Cl2N2O3/c1-5-23(14-6-7-15(20)16(21)12-14)17(24)13-8-10-22(11-9-13)18(25)26-19(2,3)4/h6-7,12-13H,5,8-11H2,1-4H3. The van der Waals surface area contributed by atoms with Crippen molar-refractivity contribution in [3.05, 3.63) is 28.2 Å². The molecule has 144 valence electrons. The molecule has 1 aliphatic rings. The zero-order chi connectivity index (χ0) is 19.5. The Hall–Kier alpha value is -1.46. The van der Waals surface area contributed by atoms with Gasteiger partial charge in [-0.2, -0.15) is 0 Å². The molecule has 0 spiro atoms. The lowest BCUT2D eigenvalue weighted by atomic mass is 9.95. The number of halogens is 2. The summed E-state index contributed by atoms with van der Waals surface area (Å²) in [7, 11) is 0. The molecular formula is C19H26Cl2N2O3. The highest BCUT2D eigenvalue weighted by Crippen LogP contribution is 2.29. The molecule has 2 amide bonds. The summed E-state index contributed by atoms with van der Waals surface area (Å²) in [5, 5.41) is 0.889. The van der Waals surface area contributed by atoms with Crippen LogP contribution in [0.15, 0.2) is 18.2 Å². The molecule has 0 bridgehead atoms. The van der Waals surface area contributed by atoms with E-state index >= 15 is 0 Å². The molecule has 1 aromatic rings. The van der Waals surface area contributed by atoms with Crippen molar-refractivity contribution in [2.24, 2.45) is 5.92 Å². The first-order valence-corrected chi connectivity index (χ1v) is 9.62. The van der Waals surface area contributed by atoms with Gasteiger partial charge in [0.2, 0.25) is 5.91 Å². The minimum atomic E-state index is -0.517. The number of amides is 2. The Bertz CT molecular complexity index is 665. The van der Waals surface area contributed by atoms with Crippen LogP contribution in [0.1, 0.15) is 40.5 Å². The van der Waals surface area contributed by atoms with Crippen LogP contribution in [0.2, 0.25) is 10.0 Å². The van der Waals surface area contributed by atoms with E-state index in [0.29, 0.717) is 42.5 Å². The number of nitrogens with zero attached hydrogens (tertiary/aromatic N) is 2. The lowest BCUT2D eigenvalue weighted by Crippen LogP contribution is -2.46. The van der Waals surface area contributed by atoms with E-state index in [2.05, 4.69) is 0 Å². The first-order valence-electron chi connectivity index (χ1n) is 8.86. The van der Waals surface area contributed by atoms with Gasteiger partial charge in [0.25, 0.3) is 0 Å². The predicted molar refractivity (Wildman–Crippen MR) is 105 cm³/mol. The number of carbonyl (C=O) groups excluding carboxylic acids is 2. The Kier molecular flexibility index (Phi) is 6.80. The van der Waals surface area contributed by atoms with Crippen LogP contribution in [0.5, 0.6) is 0 Å². The Morgan fingerprint density at radius 3 is 2.31 bits per heavy atom. The molecule has 2 rings (SSSR count). The zero-order valence-corrected chi connectivity index (χ0v) is 17.2. The van der Waals surface area contributed by atoms with Gasteiger partial charge in [0.15, 0.2) is 0 Å². The lowest BCUT2D eigenvalue weighted by molar-refractivity contribution is -0.123. The van der Waals surface area contributed by atoms with Gasteiger partial charge in [-0.05, 0) is 58.7 Å². The van der Waals surface area contributed by atoms with E-state index in [0.717, 1.165) is 5.69 Å². The number of hydrogen-bond donors (Lipinski definition) is 0. The van der Waals surface area contributed by atoms with Gasteiger partial charge in [0.05, 0.1) is 10.0 Å². The minimum Gasteiger partial charge on any atom is -0.444 e. The summed E-state index contributed by atoms with van der Waals surface area (Å²) < 4.78 is 5.40. The molecule has 1 aliphatic heterocycles. The Morgan fingerprint density at radius 2 is 1.81 bits per heavy atom. The van der Waals surface area contributed by atoms with Crippen molar-refractivity contribution in [2.45, 2.75) is 46.1 Å². The van der Waals surface area contributed by atoms with Gasteiger partial charge < -0.3 is 14.5 Å². The first kappa shape index (κ1) is 20.8.